The number of carbonyl (C=O) groups is 4. The number of nitrogens with one attached hydrogen (secondary N) is 4. The molecule has 0 unspecified atom stereocenters. The molecule has 1 heterocycles. The van der Waals surface area contributed by atoms with Gasteiger partial charge >= 0.3 is 24.4 Å². The van der Waals surface area contributed by atoms with Crippen molar-refractivity contribution < 1.29 is 68.0 Å². The van der Waals surface area contributed by atoms with Crippen LogP contribution >= 0.6 is 0 Å². The summed E-state index contributed by atoms with van der Waals surface area (Å²) < 4.78 is 29.7. The molecule has 8 N–H and O–H groups in total. The first kappa shape index (κ1) is 31.1. The normalized spacial score (nSPS) is 34.7. The van der Waals surface area contributed by atoms with Gasteiger partial charge in [-0.25, -0.2) is 19.2 Å². The second-order valence-corrected chi connectivity index (χ2v) is 8.36. The molecule has 2 rings (SSSR count). The van der Waals surface area contributed by atoms with E-state index in [1.807, 2.05) is 0 Å². The van der Waals surface area contributed by atoms with Gasteiger partial charge in [-0.3, -0.25) is 0 Å². The summed E-state index contributed by atoms with van der Waals surface area (Å²) in [5, 5.41) is 52.1. The highest BCUT2D eigenvalue weighted by molar-refractivity contribution is 5.69. The zero-order valence-electron chi connectivity index (χ0n) is 21.1. The molecule has 218 valence electrons. The Morgan fingerprint density at radius 1 is 0.711 bits per heavy atom. The van der Waals surface area contributed by atoms with Crippen LogP contribution in [0.25, 0.3) is 0 Å². The van der Waals surface area contributed by atoms with Crippen LogP contribution in [0.2, 0.25) is 0 Å². The van der Waals surface area contributed by atoms with Gasteiger partial charge in [0.25, 0.3) is 0 Å². The number of hydrogen-bond donors (Lipinski definition) is 8. The summed E-state index contributed by atoms with van der Waals surface area (Å²) in [6, 6.07) is -3.71. The number of ether oxygens (including phenoxy) is 6. The molecule has 1 aliphatic carbocycles. The summed E-state index contributed by atoms with van der Waals surface area (Å²) in [5.74, 6) is 0. The molecule has 0 aromatic carbocycles. The van der Waals surface area contributed by atoms with Crippen molar-refractivity contribution in [3.8, 4) is 0 Å². The van der Waals surface area contributed by atoms with E-state index in [9.17, 15) is 39.6 Å². The molecule has 2 fully saturated rings. The van der Waals surface area contributed by atoms with Gasteiger partial charge in [-0.15, -0.1) is 0 Å². The highest BCUT2D eigenvalue weighted by Gasteiger charge is 2.51. The summed E-state index contributed by atoms with van der Waals surface area (Å²) in [7, 11) is 4.34. The number of aliphatic hydroxyl groups excluding tert-OH is 4. The third kappa shape index (κ3) is 7.68. The fraction of sp³-hybridized carbons (Fsp3) is 0.800. The Hall–Kier alpha value is -3.16. The van der Waals surface area contributed by atoms with E-state index in [1.165, 1.54) is 0 Å². The third-order valence-corrected chi connectivity index (χ3v) is 6.08. The van der Waals surface area contributed by atoms with Crippen molar-refractivity contribution >= 4 is 24.4 Å². The fourth-order valence-electron chi connectivity index (χ4n) is 4.07. The molecule has 1 aliphatic heterocycles. The Morgan fingerprint density at radius 3 is 1.79 bits per heavy atom. The van der Waals surface area contributed by atoms with Crippen molar-refractivity contribution in [2.45, 2.75) is 67.5 Å². The molecule has 1 saturated heterocycles. The van der Waals surface area contributed by atoms with Crippen LogP contribution in [0.5, 0.6) is 0 Å². The van der Waals surface area contributed by atoms with Gasteiger partial charge < -0.3 is 70.1 Å². The zero-order chi connectivity index (χ0) is 28.6. The van der Waals surface area contributed by atoms with E-state index in [1.54, 1.807) is 0 Å². The maximum absolute atomic E-state index is 12.0. The quantitative estimate of drug-likeness (QED) is 0.142. The predicted octanol–water partition coefficient (Wildman–Crippen LogP) is -3.53. The lowest BCUT2D eigenvalue weighted by molar-refractivity contribution is -0.293. The van der Waals surface area contributed by atoms with E-state index >= 15 is 0 Å². The van der Waals surface area contributed by atoms with Crippen molar-refractivity contribution in [1.29, 1.82) is 0 Å². The minimum Gasteiger partial charge on any atom is -0.453 e. The lowest BCUT2D eigenvalue weighted by atomic mass is 9.83. The summed E-state index contributed by atoms with van der Waals surface area (Å²) in [4.78, 5) is 47.1. The second kappa shape index (κ2) is 14.1. The number of hydrogen-bond acceptors (Lipinski definition) is 14. The van der Waals surface area contributed by atoms with Crippen LogP contribution in [0, 0.1) is 0 Å². The monoisotopic (exact) mass is 554 g/mol. The van der Waals surface area contributed by atoms with Crippen LogP contribution in [-0.4, -0.2) is 141 Å². The lowest BCUT2D eigenvalue weighted by Crippen LogP contribution is -2.69. The minimum atomic E-state index is -1.77. The molecule has 0 aromatic heterocycles. The largest absolute Gasteiger partial charge is 0.453 e. The van der Waals surface area contributed by atoms with Crippen LogP contribution < -0.4 is 21.3 Å². The van der Waals surface area contributed by atoms with E-state index in [0.29, 0.717) is 0 Å². The van der Waals surface area contributed by atoms with Crippen molar-refractivity contribution in [1.82, 2.24) is 21.3 Å². The van der Waals surface area contributed by atoms with Crippen molar-refractivity contribution in [3.05, 3.63) is 0 Å². The van der Waals surface area contributed by atoms with Gasteiger partial charge in [0, 0.05) is 6.54 Å². The first-order chi connectivity index (χ1) is 18.0. The Labute approximate surface area is 216 Å². The van der Waals surface area contributed by atoms with Gasteiger partial charge in [-0.1, -0.05) is 0 Å². The van der Waals surface area contributed by atoms with Gasteiger partial charge in [-0.2, -0.15) is 0 Å². The maximum Gasteiger partial charge on any atom is 0.407 e. The first-order valence-electron chi connectivity index (χ1n) is 11.4. The average Bonchev–Trinajstić information content (AvgIpc) is 2.91. The van der Waals surface area contributed by atoms with Crippen LogP contribution in [-0.2, 0) is 28.4 Å². The smallest absolute Gasteiger partial charge is 0.407 e. The standard InChI is InChI=1S/C20H34N4O14/c1-33-17(29)21-6-9-12(26)13(27)10(24-20(32)36-4)16(37-9)38-15-8(23-19(31)35-3)5-7(11(25)14(15)28)22-18(30)34-2/h7-16,25-28H,5-6H2,1-4H3,(H,21,29)(H,22,30)(H,23,31)(H,24,32)/t7-,8+,9+,10+,11+,12+,13+,14-,15-,16+/m0/s1. The number of alkyl carbamates (subject to hydrolysis) is 4. The first-order valence-corrected chi connectivity index (χ1v) is 11.4. The molecule has 0 aromatic rings. The van der Waals surface area contributed by atoms with E-state index in [2.05, 4.69) is 40.2 Å². The van der Waals surface area contributed by atoms with Gasteiger partial charge in [0.2, 0.25) is 0 Å². The maximum atomic E-state index is 12.0. The molecule has 0 radical (unpaired) electrons. The number of aliphatic hydroxyl groups is 4. The molecule has 18 nitrogen and oxygen atoms in total. The Bertz CT molecular complexity index is 832. The Balaban J connectivity index is 2.34. The van der Waals surface area contributed by atoms with E-state index < -0.39 is 85.4 Å². The number of carbonyl (C=O) groups excluding carboxylic acids is 4. The number of methoxy groups -OCH3 is 4. The highest BCUT2D eigenvalue weighted by atomic mass is 16.7. The summed E-state index contributed by atoms with van der Waals surface area (Å²) in [5.41, 5.74) is 0. The summed E-state index contributed by atoms with van der Waals surface area (Å²) in [6.45, 7) is -0.361. The predicted molar refractivity (Wildman–Crippen MR) is 121 cm³/mol. The molecule has 10 atom stereocenters. The van der Waals surface area contributed by atoms with Crippen LogP contribution in [0.15, 0.2) is 0 Å². The van der Waals surface area contributed by atoms with Crippen LogP contribution in [0.3, 0.4) is 0 Å². The Morgan fingerprint density at radius 2 is 1.24 bits per heavy atom. The molecule has 38 heavy (non-hydrogen) atoms. The highest BCUT2D eigenvalue weighted by Crippen LogP contribution is 2.29. The van der Waals surface area contributed by atoms with Gasteiger partial charge in [-0.05, 0) is 6.42 Å². The molecule has 4 amide bonds. The molecule has 0 bridgehead atoms. The topological polar surface area (TPSA) is 253 Å². The van der Waals surface area contributed by atoms with E-state index in [-0.39, 0.29) is 13.0 Å². The third-order valence-electron chi connectivity index (χ3n) is 6.08. The fourth-order valence-corrected chi connectivity index (χ4v) is 4.07. The van der Waals surface area contributed by atoms with Crippen molar-refractivity contribution in [2.75, 3.05) is 35.0 Å². The van der Waals surface area contributed by atoms with Crippen LogP contribution in [0.4, 0.5) is 19.2 Å². The SMILES string of the molecule is COC(=O)NC[C@H]1O[C@H](O[C@@H]2[C@@H](O)[C@H](O)[C@@H](NC(=O)OC)C[C@H]2NC(=O)OC)[C@H](NC(=O)OC)[C@@H](O)[C@@H]1O. The molecular weight excluding hydrogens is 520 g/mol. The zero-order valence-corrected chi connectivity index (χ0v) is 21.1. The van der Waals surface area contributed by atoms with E-state index in [0.717, 1.165) is 28.4 Å². The average molecular weight is 555 g/mol. The van der Waals surface area contributed by atoms with Crippen molar-refractivity contribution in [3.63, 3.8) is 0 Å². The van der Waals surface area contributed by atoms with Crippen molar-refractivity contribution in [2.24, 2.45) is 0 Å². The molecular formula is C20H34N4O14. The van der Waals surface area contributed by atoms with E-state index in [4.69, 9.17) is 9.47 Å². The second-order valence-electron chi connectivity index (χ2n) is 8.36. The molecule has 1 saturated carbocycles. The van der Waals surface area contributed by atoms with Crippen LogP contribution in [0.1, 0.15) is 6.42 Å². The summed E-state index contributed by atoms with van der Waals surface area (Å²) >= 11 is 0. The molecule has 0 spiro atoms. The molecule has 18 heteroatoms. The van der Waals surface area contributed by atoms with Gasteiger partial charge in [0.1, 0.15) is 42.7 Å². The van der Waals surface area contributed by atoms with Gasteiger partial charge in [0.15, 0.2) is 6.29 Å². The minimum absolute atomic E-state index is 0.187. The number of amides is 4. The van der Waals surface area contributed by atoms with Gasteiger partial charge in [0.05, 0.1) is 40.5 Å². The Kier molecular flexibility index (Phi) is 11.5. The lowest BCUT2D eigenvalue weighted by Gasteiger charge is -2.47. The number of rotatable bonds is 7. The molecule has 2 aliphatic rings. The summed E-state index contributed by atoms with van der Waals surface area (Å²) in [6.07, 6.45) is -15.1.